The summed E-state index contributed by atoms with van der Waals surface area (Å²) in [5.41, 5.74) is 2.24. The summed E-state index contributed by atoms with van der Waals surface area (Å²) in [6.07, 6.45) is 8.50. The number of rotatable bonds is 4. The minimum atomic E-state index is 1.02. The van der Waals surface area contributed by atoms with Crippen LogP contribution in [-0.4, -0.2) is 15.2 Å². The Bertz CT molecular complexity index is 406. The highest BCUT2D eigenvalue weighted by Gasteiger charge is 2.03. The van der Waals surface area contributed by atoms with E-state index in [9.17, 15) is 0 Å². The van der Waals surface area contributed by atoms with E-state index in [2.05, 4.69) is 22.1 Å². The zero-order chi connectivity index (χ0) is 9.80. The van der Waals surface area contributed by atoms with Gasteiger partial charge in [-0.25, -0.2) is 0 Å². The van der Waals surface area contributed by atoms with Crippen LogP contribution in [0.15, 0.2) is 18.5 Å². The van der Waals surface area contributed by atoms with Gasteiger partial charge in [-0.3, -0.25) is 10.1 Å². The third kappa shape index (κ3) is 1.76. The van der Waals surface area contributed by atoms with Gasteiger partial charge in [0.05, 0.1) is 5.52 Å². The molecule has 2 aromatic rings. The van der Waals surface area contributed by atoms with Crippen LogP contribution in [0, 0.1) is 0 Å². The van der Waals surface area contributed by atoms with Gasteiger partial charge >= 0.3 is 0 Å². The lowest BCUT2D eigenvalue weighted by Crippen LogP contribution is -1.86. The van der Waals surface area contributed by atoms with E-state index in [1.54, 1.807) is 6.20 Å². The third-order valence-corrected chi connectivity index (χ3v) is 2.46. The van der Waals surface area contributed by atoms with Crippen molar-refractivity contribution < 1.29 is 0 Å². The van der Waals surface area contributed by atoms with Gasteiger partial charge in [0.2, 0.25) is 0 Å². The second-order valence-electron chi connectivity index (χ2n) is 3.55. The van der Waals surface area contributed by atoms with Gasteiger partial charge < -0.3 is 0 Å². The first kappa shape index (κ1) is 9.19. The maximum absolute atomic E-state index is 4.23. The van der Waals surface area contributed by atoms with Crippen LogP contribution in [-0.2, 0) is 6.42 Å². The first-order chi connectivity index (χ1) is 6.92. The molecular formula is C11H15N3. The van der Waals surface area contributed by atoms with E-state index < -0.39 is 0 Å². The minimum Gasteiger partial charge on any atom is -0.281 e. The first-order valence-electron chi connectivity index (χ1n) is 5.18. The van der Waals surface area contributed by atoms with E-state index in [1.807, 2.05) is 12.3 Å². The molecular weight excluding hydrogens is 174 g/mol. The van der Waals surface area contributed by atoms with Crippen molar-refractivity contribution in [3.05, 3.63) is 24.2 Å². The van der Waals surface area contributed by atoms with Gasteiger partial charge in [-0.05, 0) is 18.9 Å². The van der Waals surface area contributed by atoms with Crippen molar-refractivity contribution in [3.8, 4) is 0 Å². The summed E-state index contributed by atoms with van der Waals surface area (Å²) in [5, 5.41) is 8.49. The predicted molar refractivity (Wildman–Crippen MR) is 57.1 cm³/mol. The molecule has 0 spiro atoms. The van der Waals surface area contributed by atoms with Crippen molar-refractivity contribution in [2.24, 2.45) is 0 Å². The van der Waals surface area contributed by atoms with Gasteiger partial charge in [-0.1, -0.05) is 19.8 Å². The van der Waals surface area contributed by atoms with Gasteiger partial charge in [-0.15, -0.1) is 0 Å². The molecule has 74 valence electrons. The van der Waals surface area contributed by atoms with E-state index in [1.165, 1.54) is 30.3 Å². The minimum absolute atomic E-state index is 1.02. The molecule has 2 rings (SSSR count). The third-order valence-electron chi connectivity index (χ3n) is 2.46. The van der Waals surface area contributed by atoms with Crippen molar-refractivity contribution in [2.45, 2.75) is 32.6 Å². The molecule has 2 aromatic heterocycles. The lowest BCUT2D eigenvalue weighted by Gasteiger charge is -1.96. The second kappa shape index (κ2) is 4.22. The van der Waals surface area contributed by atoms with Gasteiger partial charge in [0.25, 0.3) is 0 Å². The molecule has 1 N–H and O–H groups in total. The Morgan fingerprint density at radius 1 is 1.36 bits per heavy atom. The summed E-state index contributed by atoms with van der Waals surface area (Å²) < 4.78 is 0. The monoisotopic (exact) mass is 189 g/mol. The molecule has 0 saturated heterocycles. The van der Waals surface area contributed by atoms with Gasteiger partial charge in [0.1, 0.15) is 0 Å². The fourth-order valence-electron chi connectivity index (χ4n) is 1.65. The molecule has 0 fully saturated rings. The number of fused-ring (bicyclic) bond motifs is 1. The normalized spacial score (nSPS) is 10.9. The Labute approximate surface area is 83.6 Å². The van der Waals surface area contributed by atoms with Crippen LogP contribution in [0.3, 0.4) is 0 Å². The van der Waals surface area contributed by atoms with Crippen LogP contribution in [0.4, 0.5) is 0 Å². The molecule has 0 radical (unpaired) electrons. The van der Waals surface area contributed by atoms with Crippen LogP contribution in [0.2, 0.25) is 0 Å². The molecule has 0 aliphatic heterocycles. The number of aryl methyl sites for hydroxylation is 1. The maximum Gasteiger partial charge on any atom is 0.0954 e. The van der Waals surface area contributed by atoms with Crippen molar-refractivity contribution in [2.75, 3.05) is 0 Å². The van der Waals surface area contributed by atoms with Crippen LogP contribution < -0.4 is 0 Å². The highest BCUT2D eigenvalue weighted by Crippen LogP contribution is 2.15. The molecule has 0 aliphatic carbocycles. The van der Waals surface area contributed by atoms with Gasteiger partial charge in [0.15, 0.2) is 0 Å². The van der Waals surface area contributed by atoms with E-state index in [0.717, 1.165) is 11.9 Å². The molecule has 3 heteroatoms. The number of aromatic nitrogens is 3. The zero-order valence-electron chi connectivity index (χ0n) is 8.45. The number of nitrogens with zero attached hydrogens (tertiary/aromatic N) is 2. The Morgan fingerprint density at radius 2 is 2.29 bits per heavy atom. The fraction of sp³-hybridized carbons (Fsp3) is 0.455. The lowest BCUT2D eigenvalue weighted by molar-refractivity contribution is 0.707. The van der Waals surface area contributed by atoms with E-state index in [0.29, 0.717) is 0 Å². The molecule has 0 atom stereocenters. The molecule has 0 bridgehead atoms. The van der Waals surface area contributed by atoms with Crippen molar-refractivity contribution in [1.82, 2.24) is 15.2 Å². The summed E-state index contributed by atoms with van der Waals surface area (Å²) in [7, 11) is 0. The van der Waals surface area contributed by atoms with E-state index in [-0.39, 0.29) is 0 Å². The second-order valence-corrected chi connectivity index (χ2v) is 3.55. The number of unbranched alkanes of at least 4 members (excludes halogenated alkanes) is 2. The van der Waals surface area contributed by atoms with E-state index >= 15 is 0 Å². The molecule has 3 nitrogen and oxygen atoms in total. The SMILES string of the molecule is CCCCCc1[nH]nc2ccncc12. The molecule has 0 unspecified atom stereocenters. The van der Waals surface area contributed by atoms with Crippen LogP contribution >= 0.6 is 0 Å². The summed E-state index contributed by atoms with van der Waals surface area (Å²) in [6, 6.07) is 1.94. The van der Waals surface area contributed by atoms with Crippen molar-refractivity contribution >= 4 is 10.9 Å². The molecule has 0 amide bonds. The number of hydrogen-bond donors (Lipinski definition) is 1. The highest BCUT2D eigenvalue weighted by molar-refractivity contribution is 5.79. The number of nitrogens with one attached hydrogen (secondary N) is 1. The Morgan fingerprint density at radius 3 is 3.14 bits per heavy atom. The average molecular weight is 189 g/mol. The van der Waals surface area contributed by atoms with Crippen LogP contribution in [0.1, 0.15) is 31.9 Å². The van der Waals surface area contributed by atoms with Gasteiger partial charge in [0, 0.05) is 23.5 Å². The zero-order valence-corrected chi connectivity index (χ0v) is 8.45. The summed E-state index contributed by atoms with van der Waals surface area (Å²) in [6.45, 7) is 2.21. The number of pyridine rings is 1. The topological polar surface area (TPSA) is 41.6 Å². The number of hydrogen-bond acceptors (Lipinski definition) is 2. The number of aromatic amines is 1. The lowest BCUT2D eigenvalue weighted by atomic mass is 10.1. The van der Waals surface area contributed by atoms with Crippen molar-refractivity contribution in [1.29, 1.82) is 0 Å². The molecule has 0 aliphatic rings. The Balaban J connectivity index is 2.17. The van der Waals surface area contributed by atoms with Crippen molar-refractivity contribution in [3.63, 3.8) is 0 Å². The fourth-order valence-corrected chi connectivity index (χ4v) is 1.65. The smallest absolute Gasteiger partial charge is 0.0954 e. The quantitative estimate of drug-likeness (QED) is 0.751. The summed E-state index contributed by atoms with van der Waals surface area (Å²) in [4.78, 5) is 4.11. The summed E-state index contributed by atoms with van der Waals surface area (Å²) in [5.74, 6) is 0. The highest BCUT2D eigenvalue weighted by atomic mass is 15.1. The average Bonchev–Trinajstić information content (AvgIpc) is 2.63. The number of H-pyrrole nitrogens is 1. The molecule has 0 aromatic carbocycles. The molecule has 0 saturated carbocycles. The van der Waals surface area contributed by atoms with Gasteiger partial charge in [-0.2, -0.15) is 5.10 Å². The molecule has 2 heterocycles. The standard InChI is InChI=1S/C11H15N3/c1-2-3-4-5-10-9-8-12-7-6-11(9)14-13-10/h6-8H,2-5H2,1H3,(H,13,14). The molecule has 14 heavy (non-hydrogen) atoms. The Hall–Kier alpha value is -1.38. The summed E-state index contributed by atoms with van der Waals surface area (Å²) >= 11 is 0. The predicted octanol–water partition coefficient (Wildman–Crippen LogP) is 2.69. The maximum atomic E-state index is 4.23. The first-order valence-corrected chi connectivity index (χ1v) is 5.18. The van der Waals surface area contributed by atoms with Crippen LogP contribution in [0.25, 0.3) is 10.9 Å². The van der Waals surface area contributed by atoms with Crippen LogP contribution in [0.5, 0.6) is 0 Å². The van der Waals surface area contributed by atoms with E-state index in [4.69, 9.17) is 0 Å². The largest absolute Gasteiger partial charge is 0.281 e. The Kier molecular flexibility index (Phi) is 2.77.